The number of nitrogens with one attached hydrogen (secondary N) is 2. The highest BCUT2D eigenvalue weighted by molar-refractivity contribution is 5.90. The average Bonchev–Trinajstić information content (AvgIpc) is 3.01. The van der Waals surface area contributed by atoms with Crippen molar-refractivity contribution >= 4 is 10.9 Å². The molecule has 126 valence electrons. The molecule has 5 nitrogen and oxygen atoms in total. The van der Waals surface area contributed by atoms with Gasteiger partial charge in [0.2, 0.25) is 0 Å². The maximum atomic E-state index is 8.90. The van der Waals surface area contributed by atoms with E-state index in [1.807, 2.05) is 6.07 Å². The number of benzene rings is 1. The summed E-state index contributed by atoms with van der Waals surface area (Å²) < 4.78 is 5.56. The minimum atomic E-state index is -0.0225. The zero-order valence-electron chi connectivity index (χ0n) is 14.2. The Morgan fingerprint density at radius 1 is 1.42 bits per heavy atom. The highest BCUT2D eigenvalue weighted by atomic mass is 16.5. The lowest BCUT2D eigenvalue weighted by atomic mass is 9.80. The van der Waals surface area contributed by atoms with Crippen molar-refractivity contribution in [2.24, 2.45) is 0 Å². The standard InChI is InChI=1S/C19H24N4O/c1-24-16-6-2-5-14-15-7-10-21-19(18(15)22-17(14)16)8-3-11-23(13-19)12-4-9-20/h2,5-6,21-22H,3-4,7-8,10-13H2,1H3. The summed E-state index contributed by atoms with van der Waals surface area (Å²) in [5.74, 6) is 0.911. The van der Waals surface area contributed by atoms with Crippen molar-refractivity contribution in [3.8, 4) is 11.8 Å². The van der Waals surface area contributed by atoms with E-state index in [-0.39, 0.29) is 5.54 Å². The second-order valence-electron chi connectivity index (χ2n) is 6.91. The molecule has 0 radical (unpaired) electrons. The molecule has 3 heterocycles. The molecule has 24 heavy (non-hydrogen) atoms. The molecular weight excluding hydrogens is 300 g/mol. The molecule has 1 fully saturated rings. The van der Waals surface area contributed by atoms with Gasteiger partial charge in [0, 0.05) is 37.1 Å². The summed E-state index contributed by atoms with van der Waals surface area (Å²) in [6.07, 6.45) is 3.94. The Balaban J connectivity index is 1.77. The predicted molar refractivity (Wildman–Crippen MR) is 94.1 cm³/mol. The first-order chi connectivity index (χ1) is 11.8. The summed E-state index contributed by atoms with van der Waals surface area (Å²) in [5.41, 5.74) is 3.85. The van der Waals surface area contributed by atoms with E-state index in [9.17, 15) is 0 Å². The molecular formula is C19H24N4O. The van der Waals surface area contributed by atoms with Crippen molar-refractivity contribution in [3.63, 3.8) is 0 Å². The lowest BCUT2D eigenvalue weighted by Crippen LogP contribution is -2.57. The molecule has 1 unspecified atom stereocenters. The summed E-state index contributed by atoms with van der Waals surface area (Å²) in [6.45, 7) is 3.92. The Morgan fingerprint density at radius 3 is 3.17 bits per heavy atom. The van der Waals surface area contributed by atoms with Gasteiger partial charge in [-0.05, 0) is 37.4 Å². The number of rotatable bonds is 3. The summed E-state index contributed by atoms with van der Waals surface area (Å²) in [7, 11) is 1.73. The summed E-state index contributed by atoms with van der Waals surface area (Å²) in [5, 5.41) is 14.0. The van der Waals surface area contributed by atoms with E-state index in [2.05, 4.69) is 33.4 Å². The van der Waals surface area contributed by atoms with Gasteiger partial charge in [0.05, 0.1) is 24.2 Å². The molecule has 1 aromatic heterocycles. The number of aromatic nitrogens is 1. The normalized spacial score (nSPS) is 24.0. The van der Waals surface area contributed by atoms with Crippen molar-refractivity contribution in [1.82, 2.24) is 15.2 Å². The van der Waals surface area contributed by atoms with E-state index < -0.39 is 0 Å². The Kier molecular flexibility index (Phi) is 3.95. The molecule has 4 rings (SSSR count). The first kappa shape index (κ1) is 15.5. The van der Waals surface area contributed by atoms with E-state index in [1.165, 1.54) is 16.6 Å². The number of likely N-dealkylation sites (tertiary alicyclic amines) is 1. The van der Waals surface area contributed by atoms with Gasteiger partial charge in [-0.2, -0.15) is 5.26 Å². The fourth-order valence-corrected chi connectivity index (χ4v) is 4.49. The van der Waals surface area contributed by atoms with E-state index in [4.69, 9.17) is 10.00 Å². The van der Waals surface area contributed by atoms with Crippen LogP contribution in [0.5, 0.6) is 5.75 Å². The van der Waals surface area contributed by atoms with Gasteiger partial charge in [0.1, 0.15) is 5.75 Å². The average molecular weight is 324 g/mol. The van der Waals surface area contributed by atoms with Crippen LogP contribution >= 0.6 is 0 Å². The first-order valence-corrected chi connectivity index (χ1v) is 8.80. The lowest BCUT2D eigenvalue weighted by Gasteiger charge is -2.45. The van der Waals surface area contributed by atoms with E-state index in [1.54, 1.807) is 7.11 Å². The Labute approximate surface area is 142 Å². The van der Waals surface area contributed by atoms with Crippen LogP contribution in [0.3, 0.4) is 0 Å². The monoisotopic (exact) mass is 324 g/mol. The molecule has 0 aliphatic carbocycles. The number of ether oxygens (including phenoxy) is 1. The van der Waals surface area contributed by atoms with E-state index in [0.29, 0.717) is 6.42 Å². The highest BCUT2D eigenvalue weighted by Crippen LogP contribution is 2.40. The number of hydrogen-bond acceptors (Lipinski definition) is 4. The van der Waals surface area contributed by atoms with Crippen molar-refractivity contribution < 1.29 is 4.74 Å². The number of nitriles is 1. The van der Waals surface area contributed by atoms with Crippen LogP contribution in [0.25, 0.3) is 10.9 Å². The quantitative estimate of drug-likeness (QED) is 0.911. The van der Waals surface area contributed by atoms with Gasteiger partial charge < -0.3 is 19.9 Å². The minimum Gasteiger partial charge on any atom is -0.495 e. The smallest absolute Gasteiger partial charge is 0.142 e. The van der Waals surface area contributed by atoms with Crippen LogP contribution in [0.15, 0.2) is 18.2 Å². The number of aromatic amines is 1. The van der Waals surface area contributed by atoms with Gasteiger partial charge in [-0.3, -0.25) is 0 Å². The van der Waals surface area contributed by atoms with Crippen molar-refractivity contribution in [1.29, 1.82) is 5.26 Å². The third-order valence-electron chi connectivity index (χ3n) is 5.55. The van der Waals surface area contributed by atoms with Gasteiger partial charge in [-0.15, -0.1) is 0 Å². The Bertz CT molecular complexity index is 790. The van der Waals surface area contributed by atoms with Crippen LogP contribution < -0.4 is 10.1 Å². The van der Waals surface area contributed by atoms with E-state index >= 15 is 0 Å². The van der Waals surface area contributed by atoms with Gasteiger partial charge >= 0.3 is 0 Å². The second kappa shape index (κ2) is 6.12. The third kappa shape index (κ3) is 2.38. The molecule has 5 heteroatoms. The summed E-state index contributed by atoms with van der Waals surface area (Å²) >= 11 is 0. The molecule has 2 aliphatic heterocycles. The van der Waals surface area contributed by atoms with Crippen molar-refractivity contribution in [3.05, 3.63) is 29.5 Å². The number of nitrogens with zero attached hydrogens (tertiary/aromatic N) is 2. The number of hydrogen-bond donors (Lipinski definition) is 2. The molecule has 0 amide bonds. The number of methoxy groups -OCH3 is 1. The van der Waals surface area contributed by atoms with Gasteiger partial charge in [0.25, 0.3) is 0 Å². The fourth-order valence-electron chi connectivity index (χ4n) is 4.49. The van der Waals surface area contributed by atoms with Crippen LogP contribution in [-0.2, 0) is 12.0 Å². The summed E-state index contributed by atoms with van der Waals surface area (Å²) in [4.78, 5) is 6.12. The van der Waals surface area contributed by atoms with E-state index in [0.717, 1.165) is 56.7 Å². The fraction of sp³-hybridized carbons (Fsp3) is 0.526. The van der Waals surface area contributed by atoms with Gasteiger partial charge in [-0.1, -0.05) is 12.1 Å². The Hall–Kier alpha value is -2.03. The van der Waals surface area contributed by atoms with Crippen LogP contribution in [0.1, 0.15) is 30.5 Å². The maximum absolute atomic E-state index is 8.90. The zero-order valence-corrected chi connectivity index (χ0v) is 14.2. The molecule has 2 aliphatic rings. The SMILES string of the molecule is COc1cccc2c3c([nH]c12)C1(CCCN(CCC#N)C1)NCC3. The predicted octanol–water partition coefficient (Wildman–Crippen LogP) is 2.53. The van der Waals surface area contributed by atoms with Crippen molar-refractivity contribution in [2.75, 3.05) is 33.3 Å². The summed E-state index contributed by atoms with van der Waals surface area (Å²) in [6, 6.07) is 8.56. The van der Waals surface area contributed by atoms with Gasteiger partial charge in [-0.25, -0.2) is 0 Å². The number of fused-ring (bicyclic) bond motifs is 4. The largest absolute Gasteiger partial charge is 0.495 e. The number of H-pyrrole nitrogens is 1. The third-order valence-corrected chi connectivity index (χ3v) is 5.55. The molecule has 2 N–H and O–H groups in total. The minimum absolute atomic E-state index is 0.0225. The first-order valence-electron chi connectivity index (χ1n) is 8.80. The molecule has 1 spiro atoms. The molecule has 1 saturated heterocycles. The Morgan fingerprint density at radius 2 is 2.33 bits per heavy atom. The van der Waals surface area contributed by atoms with Crippen molar-refractivity contribution in [2.45, 2.75) is 31.2 Å². The number of piperidine rings is 1. The number of para-hydroxylation sites is 1. The molecule has 2 aromatic rings. The lowest BCUT2D eigenvalue weighted by molar-refractivity contribution is 0.114. The molecule has 1 aromatic carbocycles. The van der Waals surface area contributed by atoms with Crippen LogP contribution in [0.2, 0.25) is 0 Å². The topological polar surface area (TPSA) is 64.1 Å². The van der Waals surface area contributed by atoms with Crippen LogP contribution in [0, 0.1) is 11.3 Å². The highest BCUT2D eigenvalue weighted by Gasteiger charge is 2.42. The van der Waals surface area contributed by atoms with Crippen LogP contribution in [-0.4, -0.2) is 43.2 Å². The zero-order chi connectivity index (χ0) is 16.6. The molecule has 0 bridgehead atoms. The molecule has 1 atom stereocenters. The molecule has 0 saturated carbocycles. The maximum Gasteiger partial charge on any atom is 0.142 e. The second-order valence-corrected chi connectivity index (χ2v) is 6.91. The van der Waals surface area contributed by atoms with Gasteiger partial charge in [0.15, 0.2) is 0 Å². The van der Waals surface area contributed by atoms with Crippen LogP contribution in [0.4, 0.5) is 0 Å².